The maximum Gasteiger partial charge on any atom is -0.00148 e. The number of hydrogen-bond acceptors (Lipinski definition) is 1. The van der Waals surface area contributed by atoms with Crippen molar-refractivity contribution in [3.8, 4) is 0 Å². The minimum atomic E-state index is 0.786. The number of rotatable bonds is 4. The zero-order valence-corrected chi connectivity index (χ0v) is 10.3. The highest BCUT2D eigenvalue weighted by atomic mass is 14.8. The van der Waals surface area contributed by atoms with Crippen LogP contribution in [0.25, 0.3) is 0 Å². The van der Waals surface area contributed by atoms with Crippen LogP contribution < -0.4 is 5.32 Å². The van der Waals surface area contributed by atoms with Gasteiger partial charge >= 0.3 is 0 Å². The van der Waals surface area contributed by atoms with Gasteiger partial charge in [0.25, 0.3) is 0 Å². The van der Waals surface area contributed by atoms with E-state index < -0.39 is 0 Å². The predicted molar refractivity (Wildman–Crippen MR) is 69.7 cm³/mol. The summed E-state index contributed by atoms with van der Waals surface area (Å²) in [4.78, 5) is 0. The van der Waals surface area contributed by atoms with Gasteiger partial charge < -0.3 is 5.32 Å². The summed E-state index contributed by atoms with van der Waals surface area (Å²) in [5.41, 5.74) is 1.55. The van der Waals surface area contributed by atoms with Gasteiger partial charge in [-0.05, 0) is 43.3 Å². The summed E-state index contributed by atoms with van der Waals surface area (Å²) in [7, 11) is 0. The molecule has 2 rings (SSSR count). The summed E-state index contributed by atoms with van der Waals surface area (Å²) in [6.45, 7) is 4.48. The van der Waals surface area contributed by atoms with Crippen LogP contribution >= 0.6 is 0 Å². The largest absolute Gasteiger partial charge is 0.317 e. The van der Waals surface area contributed by atoms with Crippen molar-refractivity contribution in [2.24, 2.45) is 5.92 Å². The molecule has 2 unspecified atom stereocenters. The van der Waals surface area contributed by atoms with Crippen molar-refractivity contribution in [1.29, 1.82) is 0 Å². The van der Waals surface area contributed by atoms with Gasteiger partial charge in [-0.2, -0.15) is 0 Å². The van der Waals surface area contributed by atoms with Crippen molar-refractivity contribution in [2.45, 2.75) is 38.5 Å². The summed E-state index contributed by atoms with van der Waals surface area (Å²) in [6, 6.07) is 11.1. The van der Waals surface area contributed by atoms with Gasteiger partial charge in [-0.15, -0.1) is 0 Å². The van der Waals surface area contributed by atoms with Crippen LogP contribution in [-0.4, -0.2) is 13.1 Å². The molecule has 0 aliphatic heterocycles. The molecule has 0 amide bonds. The average Bonchev–Trinajstić information content (AvgIpc) is 2.38. The SMILES string of the molecule is CCNCC1CCCCC1c1ccccc1. The van der Waals surface area contributed by atoms with Crippen molar-refractivity contribution < 1.29 is 0 Å². The van der Waals surface area contributed by atoms with Crippen molar-refractivity contribution >= 4 is 0 Å². The topological polar surface area (TPSA) is 12.0 Å². The van der Waals surface area contributed by atoms with Gasteiger partial charge in [0, 0.05) is 0 Å². The molecule has 1 aliphatic rings. The lowest BCUT2D eigenvalue weighted by Crippen LogP contribution is -2.29. The molecule has 1 saturated carbocycles. The molecule has 1 fully saturated rings. The Morgan fingerprint density at radius 2 is 1.88 bits per heavy atom. The van der Waals surface area contributed by atoms with E-state index >= 15 is 0 Å². The smallest absolute Gasteiger partial charge is 0.00148 e. The number of hydrogen-bond donors (Lipinski definition) is 1. The summed E-state index contributed by atoms with van der Waals surface area (Å²) in [6.07, 6.45) is 5.59. The maximum atomic E-state index is 3.52. The van der Waals surface area contributed by atoms with Gasteiger partial charge in [0.05, 0.1) is 0 Å². The molecule has 1 N–H and O–H groups in total. The average molecular weight is 217 g/mol. The summed E-state index contributed by atoms with van der Waals surface area (Å²) < 4.78 is 0. The minimum Gasteiger partial charge on any atom is -0.317 e. The van der Waals surface area contributed by atoms with E-state index in [9.17, 15) is 0 Å². The lowest BCUT2D eigenvalue weighted by molar-refractivity contribution is 0.297. The molecule has 0 saturated heterocycles. The molecule has 0 radical (unpaired) electrons. The van der Waals surface area contributed by atoms with E-state index in [4.69, 9.17) is 0 Å². The molecule has 0 bridgehead atoms. The van der Waals surface area contributed by atoms with Crippen molar-refractivity contribution in [3.05, 3.63) is 35.9 Å². The standard InChI is InChI=1S/C15H23N/c1-2-16-12-14-10-6-7-11-15(14)13-8-4-3-5-9-13/h3-5,8-9,14-16H,2,6-7,10-12H2,1H3. The molecule has 0 aromatic heterocycles. The van der Waals surface area contributed by atoms with E-state index in [2.05, 4.69) is 42.6 Å². The van der Waals surface area contributed by atoms with Gasteiger partial charge in [0.1, 0.15) is 0 Å². The highest BCUT2D eigenvalue weighted by Gasteiger charge is 2.25. The van der Waals surface area contributed by atoms with Crippen LogP contribution in [0.15, 0.2) is 30.3 Å². The lowest BCUT2D eigenvalue weighted by Gasteiger charge is -2.32. The van der Waals surface area contributed by atoms with Crippen LogP contribution in [0.3, 0.4) is 0 Å². The van der Waals surface area contributed by atoms with Crippen LogP contribution in [0.5, 0.6) is 0 Å². The third-order valence-electron chi connectivity index (χ3n) is 3.79. The molecule has 88 valence electrons. The third kappa shape index (κ3) is 2.85. The van der Waals surface area contributed by atoms with Crippen molar-refractivity contribution in [1.82, 2.24) is 5.32 Å². The Morgan fingerprint density at radius 3 is 2.62 bits per heavy atom. The Balaban J connectivity index is 2.04. The zero-order chi connectivity index (χ0) is 11.2. The van der Waals surface area contributed by atoms with Crippen LogP contribution in [0.1, 0.15) is 44.1 Å². The van der Waals surface area contributed by atoms with Crippen LogP contribution in [0, 0.1) is 5.92 Å². The summed E-state index contributed by atoms with van der Waals surface area (Å²) in [5, 5.41) is 3.52. The third-order valence-corrected chi connectivity index (χ3v) is 3.79. The maximum absolute atomic E-state index is 3.52. The second-order valence-corrected chi connectivity index (χ2v) is 4.87. The minimum absolute atomic E-state index is 0.786. The highest BCUT2D eigenvalue weighted by molar-refractivity contribution is 5.21. The van der Waals surface area contributed by atoms with E-state index in [-0.39, 0.29) is 0 Å². The van der Waals surface area contributed by atoms with Gasteiger partial charge in [0.15, 0.2) is 0 Å². The number of nitrogens with one attached hydrogen (secondary N) is 1. The molecule has 1 aromatic rings. The Kier molecular flexibility index (Phi) is 4.41. The number of benzene rings is 1. The van der Waals surface area contributed by atoms with E-state index in [1.54, 1.807) is 5.56 Å². The Bertz CT molecular complexity index is 294. The molecule has 1 nitrogen and oxygen atoms in total. The van der Waals surface area contributed by atoms with E-state index in [1.165, 1.54) is 32.2 Å². The van der Waals surface area contributed by atoms with Gasteiger partial charge in [-0.1, -0.05) is 50.1 Å². The van der Waals surface area contributed by atoms with E-state index in [0.29, 0.717) is 0 Å². The van der Waals surface area contributed by atoms with Crippen LogP contribution in [0.2, 0.25) is 0 Å². The van der Waals surface area contributed by atoms with Gasteiger partial charge in [-0.25, -0.2) is 0 Å². The quantitative estimate of drug-likeness (QED) is 0.813. The molecule has 1 heteroatoms. The van der Waals surface area contributed by atoms with Gasteiger partial charge in [0.2, 0.25) is 0 Å². The fraction of sp³-hybridized carbons (Fsp3) is 0.600. The van der Waals surface area contributed by atoms with Crippen LogP contribution in [-0.2, 0) is 0 Å². The van der Waals surface area contributed by atoms with Gasteiger partial charge in [-0.3, -0.25) is 0 Å². The molecule has 16 heavy (non-hydrogen) atoms. The fourth-order valence-corrected chi connectivity index (χ4v) is 2.92. The Labute approximate surface area is 99.3 Å². The van der Waals surface area contributed by atoms with Crippen molar-refractivity contribution in [3.63, 3.8) is 0 Å². The first-order chi connectivity index (χ1) is 7.92. The zero-order valence-electron chi connectivity index (χ0n) is 10.3. The van der Waals surface area contributed by atoms with E-state index in [1.807, 2.05) is 0 Å². The molecule has 0 spiro atoms. The Hall–Kier alpha value is -0.820. The highest BCUT2D eigenvalue weighted by Crippen LogP contribution is 2.37. The van der Waals surface area contributed by atoms with E-state index in [0.717, 1.165) is 18.4 Å². The fourth-order valence-electron chi connectivity index (χ4n) is 2.92. The lowest BCUT2D eigenvalue weighted by atomic mass is 9.75. The molecule has 0 heterocycles. The predicted octanol–water partition coefficient (Wildman–Crippen LogP) is 3.57. The second-order valence-electron chi connectivity index (χ2n) is 4.87. The first-order valence-corrected chi connectivity index (χ1v) is 6.67. The first-order valence-electron chi connectivity index (χ1n) is 6.67. The van der Waals surface area contributed by atoms with Crippen molar-refractivity contribution in [2.75, 3.05) is 13.1 Å². The summed E-state index contributed by atoms with van der Waals surface area (Å²) in [5.74, 6) is 1.63. The first kappa shape index (κ1) is 11.7. The molecule has 2 atom stereocenters. The monoisotopic (exact) mass is 217 g/mol. The van der Waals surface area contributed by atoms with Crippen LogP contribution in [0.4, 0.5) is 0 Å². The normalized spacial score (nSPS) is 25.6. The second kappa shape index (κ2) is 6.05. The molecular weight excluding hydrogens is 194 g/mol. The molecule has 1 aliphatic carbocycles. The Morgan fingerprint density at radius 1 is 1.12 bits per heavy atom. The summed E-state index contributed by atoms with van der Waals surface area (Å²) >= 11 is 0. The molecular formula is C15H23N. The molecule has 1 aromatic carbocycles.